The number of halogens is 7. The second-order valence-corrected chi connectivity index (χ2v) is 13.1. The Morgan fingerprint density at radius 1 is 0.900 bits per heavy atom. The van der Waals surface area contributed by atoms with Crippen LogP contribution in [0.1, 0.15) is 0 Å². The minimum Gasteiger partial charge on any atom is -0.426 e. The van der Waals surface area contributed by atoms with E-state index in [1.54, 1.807) is 0 Å². The van der Waals surface area contributed by atoms with Crippen molar-refractivity contribution in [3.63, 3.8) is 0 Å². The van der Waals surface area contributed by atoms with Crippen LogP contribution in [0.4, 0.5) is 17.6 Å². The van der Waals surface area contributed by atoms with E-state index in [0.717, 1.165) is 18.2 Å². The third-order valence-electron chi connectivity index (χ3n) is 3.33. The van der Waals surface area contributed by atoms with Crippen LogP contribution in [0.15, 0.2) is 52.3 Å². The Bertz CT molecular complexity index is 1220. The second-order valence-electron chi connectivity index (χ2n) is 5.42. The molecule has 0 aromatic heterocycles. The van der Waals surface area contributed by atoms with Crippen LogP contribution in [0.25, 0.3) is 0 Å². The van der Waals surface area contributed by atoms with E-state index >= 15 is 0 Å². The molecular weight excluding hydrogens is 586 g/mol. The second kappa shape index (κ2) is 8.51. The van der Waals surface area contributed by atoms with E-state index in [-0.39, 0.29) is 10.6 Å². The first-order chi connectivity index (χ1) is 13.4. The average Bonchev–Trinajstić information content (AvgIpc) is 2.58. The van der Waals surface area contributed by atoms with Gasteiger partial charge in [-0.3, -0.25) is 0 Å². The van der Waals surface area contributed by atoms with Gasteiger partial charge in [-0.05, 0) is 24.3 Å². The van der Waals surface area contributed by atoms with Crippen molar-refractivity contribution in [2.24, 2.45) is 0 Å². The van der Waals surface area contributed by atoms with Gasteiger partial charge in [0, 0.05) is 49.4 Å². The van der Waals surface area contributed by atoms with Crippen LogP contribution in [-0.4, -0.2) is 27.8 Å². The first-order valence-corrected chi connectivity index (χ1v) is 13.8. The molecule has 0 heterocycles. The fourth-order valence-electron chi connectivity index (χ4n) is 2.00. The quantitative estimate of drug-likeness (QED) is 0.206. The molecule has 0 amide bonds. The number of hydrogen-bond donors (Lipinski definition) is 0. The van der Waals surface area contributed by atoms with Crippen molar-refractivity contribution in [3.8, 4) is 5.75 Å². The maximum absolute atomic E-state index is 13.5. The summed E-state index contributed by atoms with van der Waals surface area (Å²) in [5.74, 6) is -1.22. The van der Waals surface area contributed by atoms with E-state index < -0.39 is 52.4 Å². The van der Waals surface area contributed by atoms with Crippen molar-refractivity contribution >= 4 is 73.8 Å². The zero-order chi connectivity index (χ0) is 23.1. The molecule has 0 aliphatic carbocycles. The van der Waals surface area contributed by atoms with E-state index in [0.29, 0.717) is 12.1 Å². The Labute approximate surface area is 185 Å². The van der Waals surface area contributed by atoms with E-state index in [2.05, 4.69) is 4.74 Å². The first-order valence-electron chi connectivity index (χ1n) is 7.18. The Hall–Kier alpha value is -0.980. The van der Waals surface area contributed by atoms with Crippen LogP contribution in [0, 0.1) is 0 Å². The van der Waals surface area contributed by atoms with Gasteiger partial charge in [0.25, 0.3) is 18.1 Å². The Morgan fingerprint density at radius 2 is 1.47 bits per heavy atom. The van der Waals surface area contributed by atoms with Gasteiger partial charge in [-0.25, -0.2) is 16.8 Å². The molecule has 1 atom stereocenters. The highest BCUT2D eigenvalue weighted by atomic mass is 79.9. The maximum atomic E-state index is 13.5. The highest BCUT2D eigenvalue weighted by Gasteiger charge is 2.58. The highest BCUT2D eigenvalue weighted by Crippen LogP contribution is 2.42. The summed E-state index contributed by atoms with van der Waals surface area (Å²) < 4.78 is 116. The van der Waals surface area contributed by atoms with E-state index in [1.165, 1.54) is 28.1 Å². The maximum Gasteiger partial charge on any atom is 0.475 e. The summed E-state index contributed by atoms with van der Waals surface area (Å²) in [6.07, 6.45) is -5.16. The zero-order valence-electron chi connectivity index (χ0n) is 13.9. The molecule has 0 spiro atoms. The zero-order valence-corrected chi connectivity index (χ0v) is 19.5. The van der Waals surface area contributed by atoms with E-state index in [9.17, 15) is 39.0 Å². The van der Waals surface area contributed by atoms with Gasteiger partial charge < -0.3 is 4.74 Å². The standard InChI is InChI=1S/C14H7BrCl2F4O6PS2/c15-13(18,19)14(20,21)27-11-5-4-9(7-12(11)30(17,25)26)28(22)8-2-1-3-10(6-8)29(16,23)24/h1-7H/q+1. The summed E-state index contributed by atoms with van der Waals surface area (Å²) in [6, 6.07) is 6.54. The summed E-state index contributed by atoms with van der Waals surface area (Å²) in [7, 11) is -1.26. The van der Waals surface area contributed by atoms with Crippen LogP contribution in [-0.2, 0) is 22.7 Å². The van der Waals surface area contributed by atoms with Crippen LogP contribution in [0.3, 0.4) is 0 Å². The smallest absolute Gasteiger partial charge is 0.426 e. The molecule has 1 unspecified atom stereocenters. The fourth-order valence-corrected chi connectivity index (χ4v) is 5.27. The summed E-state index contributed by atoms with van der Waals surface area (Å²) in [5.41, 5.74) is 0. The molecule has 0 radical (unpaired) electrons. The van der Waals surface area contributed by atoms with Gasteiger partial charge in [-0.2, -0.15) is 17.6 Å². The molecule has 2 aromatic rings. The molecule has 164 valence electrons. The normalized spacial score (nSPS) is 13.8. The Balaban J connectivity index is 2.56. The van der Waals surface area contributed by atoms with Crippen LogP contribution >= 0.6 is 45.1 Å². The van der Waals surface area contributed by atoms with Crippen molar-refractivity contribution in [1.29, 1.82) is 0 Å². The minimum absolute atomic E-state index is 0.101. The van der Waals surface area contributed by atoms with Gasteiger partial charge in [0.2, 0.25) is 0 Å². The van der Waals surface area contributed by atoms with Crippen molar-refractivity contribution in [1.82, 2.24) is 0 Å². The molecule has 0 N–H and O–H groups in total. The number of ether oxygens (including phenoxy) is 1. The van der Waals surface area contributed by atoms with Crippen molar-refractivity contribution in [2.75, 3.05) is 0 Å². The van der Waals surface area contributed by atoms with E-state index in [1.807, 2.05) is 0 Å². The first kappa shape index (κ1) is 25.3. The Kier molecular flexibility index (Phi) is 7.17. The topological polar surface area (TPSA) is 94.6 Å². The molecular formula is C14H7BrCl2F4O6PS2+. The van der Waals surface area contributed by atoms with Gasteiger partial charge in [-0.15, -0.1) is 0 Å². The molecule has 16 heteroatoms. The predicted molar refractivity (Wildman–Crippen MR) is 105 cm³/mol. The lowest BCUT2D eigenvalue weighted by atomic mass is 10.3. The minimum atomic E-state index is -5.16. The lowest BCUT2D eigenvalue weighted by molar-refractivity contribution is -0.267. The summed E-state index contributed by atoms with van der Waals surface area (Å²) >= 11 is 1.43. The van der Waals surface area contributed by atoms with Crippen molar-refractivity contribution < 1.29 is 43.7 Å². The molecule has 0 saturated heterocycles. The lowest BCUT2D eigenvalue weighted by Gasteiger charge is -2.22. The SMILES string of the molecule is O=[P+](c1cccc(S(=O)(=O)Cl)c1)c1ccc(OC(F)(F)C(F)(F)Br)c(S(=O)(=O)Cl)c1. The summed E-state index contributed by atoms with van der Waals surface area (Å²) in [5, 5.41) is -0.398. The molecule has 6 nitrogen and oxygen atoms in total. The van der Waals surface area contributed by atoms with Gasteiger partial charge in [-0.1, -0.05) is 10.6 Å². The van der Waals surface area contributed by atoms with Crippen molar-refractivity contribution in [2.45, 2.75) is 20.7 Å². The van der Waals surface area contributed by atoms with E-state index in [4.69, 9.17) is 21.4 Å². The summed E-state index contributed by atoms with van der Waals surface area (Å²) in [4.78, 5) is -6.39. The summed E-state index contributed by atoms with van der Waals surface area (Å²) in [6.45, 7) is 0. The number of rotatable bonds is 7. The third-order valence-corrected chi connectivity index (χ3v) is 7.98. The molecule has 0 bridgehead atoms. The van der Waals surface area contributed by atoms with Gasteiger partial charge in [0.1, 0.15) is 10.6 Å². The van der Waals surface area contributed by atoms with Gasteiger partial charge in [0.05, 0.1) is 4.90 Å². The van der Waals surface area contributed by atoms with Crippen LogP contribution < -0.4 is 15.3 Å². The molecule has 30 heavy (non-hydrogen) atoms. The predicted octanol–water partition coefficient (Wildman–Crippen LogP) is 4.28. The van der Waals surface area contributed by atoms with Crippen molar-refractivity contribution in [3.05, 3.63) is 42.5 Å². The largest absolute Gasteiger partial charge is 0.475 e. The lowest BCUT2D eigenvalue weighted by Crippen LogP contribution is -2.41. The average molecular weight is 593 g/mol. The van der Waals surface area contributed by atoms with Gasteiger partial charge in [0.15, 0.2) is 10.6 Å². The number of benzene rings is 2. The monoisotopic (exact) mass is 591 g/mol. The third kappa shape index (κ3) is 5.83. The fraction of sp³-hybridized carbons (Fsp3) is 0.143. The Morgan fingerprint density at radius 3 is 1.97 bits per heavy atom. The molecule has 0 saturated carbocycles. The molecule has 0 aliphatic heterocycles. The van der Waals surface area contributed by atoms with Crippen LogP contribution in [0.2, 0.25) is 0 Å². The van der Waals surface area contributed by atoms with Gasteiger partial charge >= 0.3 is 18.7 Å². The molecule has 0 aliphatic rings. The molecule has 2 rings (SSSR count). The molecule has 0 fully saturated rings. The van der Waals surface area contributed by atoms with Crippen LogP contribution in [0.5, 0.6) is 5.75 Å². The molecule has 2 aromatic carbocycles. The number of hydrogen-bond acceptors (Lipinski definition) is 6. The number of alkyl halides is 5. The highest BCUT2D eigenvalue weighted by molar-refractivity contribution is 9.10.